The standard InChI is InChI=1S/C13H18Br2N2O2S/c1-9-3-2-5-17(6-4-9)20(18,19)13-11(15)7-10(14)8-12(13)16/h7-9H,2-6,16H2,1H3. The average molecular weight is 426 g/mol. The van der Waals surface area contributed by atoms with Gasteiger partial charge in [-0.15, -0.1) is 0 Å². The average Bonchev–Trinajstić information content (AvgIpc) is 2.52. The van der Waals surface area contributed by atoms with Crippen LogP contribution in [0.5, 0.6) is 0 Å². The SMILES string of the molecule is CC1CCCN(S(=O)(=O)c2c(N)cc(Br)cc2Br)CC1. The van der Waals surface area contributed by atoms with Crippen molar-refractivity contribution in [2.45, 2.75) is 31.1 Å². The minimum Gasteiger partial charge on any atom is -0.398 e. The normalized spacial score (nSPS) is 21.6. The van der Waals surface area contributed by atoms with Gasteiger partial charge in [-0.2, -0.15) is 4.31 Å². The summed E-state index contributed by atoms with van der Waals surface area (Å²) >= 11 is 6.63. The fraction of sp³-hybridized carbons (Fsp3) is 0.538. The van der Waals surface area contributed by atoms with E-state index in [9.17, 15) is 8.42 Å². The van der Waals surface area contributed by atoms with Gasteiger partial charge >= 0.3 is 0 Å². The molecule has 0 aliphatic carbocycles. The number of nitrogen functional groups attached to an aromatic ring is 1. The van der Waals surface area contributed by atoms with E-state index in [1.54, 1.807) is 16.4 Å². The lowest BCUT2D eigenvalue weighted by Gasteiger charge is -2.22. The van der Waals surface area contributed by atoms with Crippen LogP contribution in [0.1, 0.15) is 26.2 Å². The van der Waals surface area contributed by atoms with Gasteiger partial charge in [-0.3, -0.25) is 0 Å². The zero-order valence-corrected chi connectivity index (χ0v) is 15.3. The van der Waals surface area contributed by atoms with Crippen LogP contribution in [0, 0.1) is 5.92 Å². The molecule has 0 radical (unpaired) electrons. The van der Waals surface area contributed by atoms with E-state index in [0.717, 1.165) is 23.7 Å². The van der Waals surface area contributed by atoms with Gasteiger partial charge in [0.25, 0.3) is 0 Å². The maximum Gasteiger partial charge on any atom is 0.246 e. The van der Waals surface area contributed by atoms with Gasteiger partial charge in [0.2, 0.25) is 10.0 Å². The van der Waals surface area contributed by atoms with Crippen molar-refractivity contribution < 1.29 is 8.42 Å². The largest absolute Gasteiger partial charge is 0.398 e. The molecule has 0 amide bonds. The topological polar surface area (TPSA) is 63.4 Å². The van der Waals surface area contributed by atoms with E-state index in [1.165, 1.54) is 0 Å². The maximum atomic E-state index is 12.8. The molecule has 1 aliphatic rings. The number of anilines is 1. The number of nitrogens with zero attached hydrogens (tertiary/aromatic N) is 1. The molecular weight excluding hydrogens is 408 g/mol. The molecule has 1 unspecified atom stereocenters. The van der Waals surface area contributed by atoms with Crippen molar-refractivity contribution in [2.75, 3.05) is 18.8 Å². The van der Waals surface area contributed by atoms with Crippen LogP contribution in [0.3, 0.4) is 0 Å². The van der Waals surface area contributed by atoms with E-state index in [2.05, 4.69) is 38.8 Å². The minimum atomic E-state index is -3.55. The molecular formula is C13H18Br2N2O2S. The van der Waals surface area contributed by atoms with Crippen molar-refractivity contribution in [1.29, 1.82) is 0 Å². The highest BCUT2D eigenvalue weighted by Gasteiger charge is 2.30. The van der Waals surface area contributed by atoms with Crippen molar-refractivity contribution in [2.24, 2.45) is 5.92 Å². The van der Waals surface area contributed by atoms with Gasteiger partial charge in [0.05, 0.1) is 5.69 Å². The molecule has 112 valence electrons. The molecule has 0 bridgehead atoms. The van der Waals surface area contributed by atoms with Gasteiger partial charge in [-0.25, -0.2) is 8.42 Å². The molecule has 1 aliphatic heterocycles. The van der Waals surface area contributed by atoms with E-state index in [1.807, 2.05) is 0 Å². The highest BCUT2D eigenvalue weighted by molar-refractivity contribution is 9.11. The lowest BCUT2D eigenvalue weighted by atomic mass is 10.0. The summed E-state index contributed by atoms with van der Waals surface area (Å²) in [6, 6.07) is 3.34. The molecule has 7 heteroatoms. The van der Waals surface area contributed by atoms with E-state index < -0.39 is 10.0 Å². The molecule has 1 saturated heterocycles. The quantitative estimate of drug-likeness (QED) is 0.736. The van der Waals surface area contributed by atoms with Crippen molar-refractivity contribution in [3.63, 3.8) is 0 Å². The Hall–Kier alpha value is -0.110. The molecule has 0 spiro atoms. The molecule has 4 nitrogen and oxygen atoms in total. The summed E-state index contributed by atoms with van der Waals surface area (Å²) in [5.41, 5.74) is 6.18. The van der Waals surface area contributed by atoms with E-state index in [4.69, 9.17) is 5.73 Å². The third kappa shape index (κ3) is 3.37. The lowest BCUT2D eigenvalue weighted by Crippen LogP contribution is -2.32. The number of hydrogen-bond acceptors (Lipinski definition) is 3. The van der Waals surface area contributed by atoms with Crippen molar-refractivity contribution >= 4 is 47.6 Å². The monoisotopic (exact) mass is 424 g/mol. The van der Waals surface area contributed by atoms with Gasteiger partial charge in [0.1, 0.15) is 4.90 Å². The van der Waals surface area contributed by atoms with Crippen LogP contribution >= 0.6 is 31.9 Å². The maximum absolute atomic E-state index is 12.8. The number of halogens is 2. The van der Waals surface area contributed by atoms with Crippen molar-refractivity contribution in [3.8, 4) is 0 Å². The van der Waals surface area contributed by atoms with Crippen LogP contribution < -0.4 is 5.73 Å². The molecule has 2 N–H and O–H groups in total. The minimum absolute atomic E-state index is 0.176. The Kier molecular flexibility index (Phi) is 5.15. The molecule has 0 saturated carbocycles. The smallest absolute Gasteiger partial charge is 0.246 e. The first-order valence-corrected chi connectivity index (χ1v) is 9.59. The molecule has 1 heterocycles. The van der Waals surface area contributed by atoms with Crippen LogP contribution in [0.25, 0.3) is 0 Å². The summed E-state index contributed by atoms with van der Waals surface area (Å²) in [4.78, 5) is 0.176. The molecule has 1 fully saturated rings. The summed E-state index contributed by atoms with van der Waals surface area (Å²) in [6.07, 6.45) is 2.87. The Morgan fingerprint density at radius 1 is 1.25 bits per heavy atom. The van der Waals surface area contributed by atoms with Gasteiger partial charge in [0.15, 0.2) is 0 Å². The predicted octanol–water partition coefficient (Wildman–Crippen LogP) is 3.60. The Morgan fingerprint density at radius 3 is 2.60 bits per heavy atom. The predicted molar refractivity (Wildman–Crippen MR) is 88.0 cm³/mol. The van der Waals surface area contributed by atoms with Gasteiger partial charge in [-0.05, 0) is 53.2 Å². The van der Waals surface area contributed by atoms with Crippen LogP contribution in [0.4, 0.5) is 5.69 Å². The van der Waals surface area contributed by atoms with E-state index in [0.29, 0.717) is 23.5 Å². The van der Waals surface area contributed by atoms with E-state index in [-0.39, 0.29) is 10.6 Å². The summed E-state index contributed by atoms with van der Waals surface area (Å²) in [7, 11) is -3.55. The third-order valence-electron chi connectivity index (χ3n) is 3.61. The summed E-state index contributed by atoms with van der Waals surface area (Å²) in [5, 5.41) is 0. The summed E-state index contributed by atoms with van der Waals surface area (Å²) in [6.45, 7) is 3.29. The van der Waals surface area contributed by atoms with Gasteiger partial charge < -0.3 is 5.73 Å². The van der Waals surface area contributed by atoms with Crippen LogP contribution in [-0.2, 0) is 10.0 Å². The number of sulfonamides is 1. The fourth-order valence-corrected chi connectivity index (χ4v) is 5.97. The zero-order valence-electron chi connectivity index (χ0n) is 11.3. The van der Waals surface area contributed by atoms with Crippen LogP contribution in [-0.4, -0.2) is 25.8 Å². The highest BCUT2D eigenvalue weighted by Crippen LogP contribution is 2.34. The summed E-state index contributed by atoms with van der Waals surface area (Å²) in [5.74, 6) is 0.570. The molecule has 1 aromatic carbocycles. The number of nitrogens with two attached hydrogens (primary N) is 1. The molecule has 0 aromatic heterocycles. The van der Waals surface area contributed by atoms with Crippen molar-refractivity contribution in [1.82, 2.24) is 4.31 Å². The second kappa shape index (κ2) is 6.34. The van der Waals surface area contributed by atoms with Gasteiger partial charge in [-0.1, -0.05) is 22.9 Å². The Balaban J connectivity index is 2.40. The van der Waals surface area contributed by atoms with Crippen LogP contribution in [0.2, 0.25) is 0 Å². The Bertz CT molecular complexity index is 581. The second-order valence-electron chi connectivity index (χ2n) is 5.25. The Labute approximate surface area is 137 Å². The molecule has 1 aromatic rings. The van der Waals surface area contributed by atoms with Crippen molar-refractivity contribution in [3.05, 3.63) is 21.1 Å². The lowest BCUT2D eigenvalue weighted by molar-refractivity contribution is 0.417. The molecule has 2 rings (SSSR count). The van der Waals surface area contributed by atoms with E-state index >= 15 is 0 Å². The summed E-state index contributed by atoms with van der Waals surface area (Å²) < 4.78 is 28.4. The third-order valence-corrected chi connectivity index (χ3v) is 6.97. The first-order valence-electron chi connectivity index (χ1n) is 6.57. The first-order chi connectivity index (χ1) is 9.32. The second-order valence-corrected chi connectivity index (χ2v) is 8.89. The number of hydrogen-bond donors (Lipinski definition) is 1. The number of benzene rings is 1. The Morgan fingerprint density at radius 2 is 1.95 bits per heavy atom. The van der Waals surface area contributed by atoms with Crippen LogP contribution in [0.15, 0.2) is 26.0 Å². The van der Waals surface area contributed by atoms with Gasteiger partial charge in [0, 0.05) is 22.0 Å². The zero-order chi connectivity index (χ0) is 14.9. The molecule has 1 atom stereocenters. The first kappa shape index (κ1) is 16.3. The highest BCUT2D eigenvalue weighted by atomic mass is 79.9. The fourth-order valence-electron chi connectivity index (χ4n) is 2.46. The number of rotatable bonds is 2. The molecule has 20 heavy (non-hydrogen) atoms.